The molecule has 0 saturated carbocycles. The van der Waals surface area contributed by atoms with Crippen LogP contribution in [0.15, 0.2) is 54.6 Å². The zero-order chi connectivity index (χ0) is 13.4. The Balaban J connectivity index is 2.41. The van der Waals surface area contributed by atoms with E-state index in [-0.39, 0.29) is 5.82 Å². The summed E-state index contributed by atoms with van der Waals surface area (Å²) in [5.74, 6) is -0.248. The van der Waals surface area contributed by atoms with Gasteiger partial charge in [-0.2, -0.15) is 0 Å². The number of rotatable bonds is 1. The van der Waals surface area contributed by atoms with Gasteiger partial charge in [0.05, 0.1) is 0 Å². The molecule has 0 aliphatic rings. The molecule has 0 aliphatic carbocycles. The second kappa shape index (κ2) is 4.84. The van der Waals surface area contributed by atoms with E-state index >= 15 is 0 Å². The van der Waals surface area contributed by atoms with Crippen molar-refractivity contribution in [2.45, 2.75) is 0 Å². The Morgan fingerprint density at radius 3 is 2.00 bits per heavy atom. The fraction of sp³-hybridized carbons (Fsp3) is 0. The molecule has 0 amide bonds. The summed E-state index contributed by atoms with van der Waals surface area (Å²) in [5, 5.41) is 2.49. The van der Waals surface area contributed by atoms with Gasteiger partial charge in [-0.25, -0.2) is 4.39 Å². The van der Waals surface area contributed by atoms with E-state index in [1.165, 1.54) is 6.07 Å². The Bertz CT molecular complexity index is 746. The molecule has 0 unspecified atom stereocenters. The third-order valence-corrected chi connectivity index (χ3v) is 3.73. The number of fused-ring (bicyclic) bond motifs is 1. The van der Waals surface area contributed by atoms with E-state index in [1.54, 1.807) is 36.4 Å². The zero-order valence-electron chi connectivity index (χ0n) is 9.83. The van der Waals surface area contributed by atoms with Gasteiger partial charge in [0.25, 0.3) is 0 Å². The molecule has 94 valence electrons. The number of halogens is 3. The Hall–Kier alpha value is -1.57. The van der Waals surface area contributed by atoms with Crippen LogP contribution in [0, 0.1) is 5.82 Å². The molecule has 19 heavy (non-hydrogen) atoms. The van der Waals surface area contributed by atoms with Crippen LogP contribution in [0.2, 0.25) is 10.0 Å². The molecule has 0 aromatic heterocycles. The minimum absolute atomic E-state index is 0.248. The van der Waals surface area contributed by atoms with E-state index in [0.717, 1.165) is 16.5 Å². The molecule has 0 spiro atoms. The van der Waals surface area contributed by atoms with Crippen LogP contribution in [0.3, 0.4) is 0 Å². The second-order valence-corrected chi connectivity index (χ2v) is 5.05. The van der Waals surface area contributed by atoms with E-state index in [9.17, 15) is 4.39 Å². The molecule has 0 bridgehead atoms. The average Bonchev–Trinajstić information content (AvgIpc) is 2.39. The quantitative estimate of drug-likeness (QED) is 0.519. The van der Waals surface area contributed by atoms with Gasteiger partial charge >= 0.3 is 0 Å². The summed E-state index contributed by atoms with van der Waals surface area (Å²) in [5.41, 5.74) is 1.58. The van der Waals surface area contributed by atoms with Crippen molar-refractivity contribution in [1.82, 2.24) is 0 Å². The molecule has 3 heteroatoms. The predicted octanol–water partition coefficient (Wildman–Crippen LogP) is 5.95. The van der Waals surface area contributed by atoms with Crippen LogP contribution in [0.1, 0.15) is 0 Å². The molecule has 0 heterocycles. The summed E-state index contributed by atoms with van der Waals surface area (Å²) in [6.07, 6.45) is 0. The topological polar surface area (TPSA) is 0 Å². The van der Waals surface area contributed by atoms with Crippen LogP contribution >= 0.6 is 23.2 Å². The van der Waals surface area contributed by atoms with Crippen LogP contribution in [0.25, 0.3) is 21.9 Å². The predicted molar refractivity (Wildman–Crippen MR) is 79.4 cm³/mol. The molecular weight excluding hydrogens is 282 g/mol. The van der Waals surface area contributed by atoms with E-state index in [1.807, 2.05) is 12.1 Å². The lowest BCUT2D eigenvalue weighted by Gasteiger charge is -2.10. The largest absolute Gasteiger partial charge is 0.206 e. The maximum Gasteiger partial charge on any atom is 0.131 e. The highest BCUT2D eigenvalue weighted by molar-refractivity contribution is 6.39. The first-order valence-electron chi connectivity index (χ1n) is 5.80. The molecule has 0 nitrogen and oxygen atoms in total. The Kier molecular flexibility index (Phi) is 3.17. The fourth-order valence-corrected chi connectivity index (χ4v) is 2.85. The smallest absolute Gasteiger partial charge is 0.131 e. The minimum Gasteiger partial charge on any atom is -0.206 e. The molecule has 0 radical (unpaired) electrons. The van der Waals surface area contributed by atoms with Gasteiger partial charge in [0.2, 0.25) is 0 Å². The summed E-state index contributed by atoms with van der Waals surface area (Å²) in [7, 11) is 0. The van der Waals surface area contributed by atoms with Crippen molar-refractivity contribution in [3.8, 4) is 11.1 Å². The number of hydrogen-bond acceptors (Lipinski definition) is 0. The number of hydrogen-bond donors (Lipinski definition) is 0. The molecule has 0 aliphatic heterocycles. The van der Waals surface area contributed by atoms with Crippen molar-refractivity contribution in [2.75, 3.05) is 0 Å². The van der Waals surface area contributed by atoms with Crippen molar-refractivity contribution in [2.24, 2.45) is 0 Å². The average molecular weight is 291 g/mol. The van der Waals surface area contributed by atoms with Gasteiger partial charge in [-0.1, -0.05) is 59.6 Å². The highest BCUT2D eigenvalue weighted by atomic mass is 35.5. The lowest BCUT2D eigenvalue weighted by Crippen LogP contribution is -1.86. The maximum absolute atomic E-state index is 13.8. The molecule has 0 N–H and O–H groups in total. The Morgan fingerprint density at radius 2 is 1.26 bits per heavy atom. The van der Waals surface area contributed by atoms with Crippen molar-refractivity contribution >= 4 is 34.0 Å². The fourth-order valence-electron chi connectivity index (χ4n) is 2.24. The molecule has 3 aromatic rings. The Morgan fingerprint density at radius 1 is 0.684 bits per heavy atom. The highest BCUT2D eigenvalue weighted by Crippen LogP contribution is 2.38. The van der Waals surface area contributed by atoms with Gasteiger partial charge in [-0.05, 0) is 29.1 Å². The first-order chi connectivity index (χ1) is 9.18. The monoisotopic (exact) mass is 290 g/mol. The van der Waals surface area contributed by atoms with Crippen molar-refractivity contribution in [1.29, 1.82) is 0 Å². The molecule has 3 rings (SSSR count). The van der Waals surface area contributed by atoms with Gasteiger partial charge in [-0.15, -0.1) is 0 Å². The lowest BCUT2D eigenvalue weighted by molar-refractivity contribution is 0.640. The molecular formula is C16H9Cl2F. The minimum atomic E-state index is -0.248. The summed E-state index contributed by atoms with van der Waals surface area (Å²) in [6.45, 7) is 0. The van der Waals surface area contributed by atoms with Crippen LogP contribution in [-0.2, 0) is 0 Å². The van der Waals surface area contributed by atoms with Crippen molar-refractivity contribution in [3.05, 3.63) is 70.5 Å². The number of benzene rings is 3. The normalized spacial score (nSPS) is 10.9. The molecule has 0 fully saturated rings. The zero-order valence-corrected chi connectivity index (χ0v) is 11.3. The molecule has 0 saturated heterocycles. The SMILES string of the molecule is Fc1cccc2c(-c3c(Cl)cccc3Cl)cccc12. The van der Waals surface area contributed by atoms with E-state index in [0.29, 0.717) is 15.4 Å². The van der Waals surface area contributed by atoms with Gasteiger partial charge in [-0.3, -0.25) is 0 Å². The van der Waals surface area contributed by atoms with Gasteiger partial charge in [0, 0.05) is 21.0 Å². The van der Waals surface area contributed by atoms with E-state index < -0.39 is 0 Å². The maximum atomic E-state index is 13.8. The first kappa shape index (κ1) is 12.5. The Labute approximate surface area is 120 Å². The summed E-state index contributed by atoms with van der Waals surface area (Å²) in [6, 6.07) is 15.8. The third kappa shape index (κ3) is 2.09. The lowest BCUT2D eigenvalue weighted by atomic mass is 9.98. The van der Waals surface area contributed by atoms with E-state index in [2.05, 4.69) is 0 Å². The van der Waals surface area contributed by atoms with Crippen LogP contribution in [-0.4, -0.2) is 0 Å². The summed E-state index contributed by atoms with van der Waals surface area (Å²) in [4.78, 5) is 0. The van der Waals surface area contributed by atoms with Crippen LogP contribution in [0.4, 0.5) is 4.39 Å². The van der Waals surface area contributed by atoms with E-state index in [4.69, 9.17) is 23.2 Å². The highest BCUT2D eigenvalue weighted by Gasteiger charge is 2.12. The van der Waals surface area contributed by atoms with Gasteiger partial charge in [0.1, 0.15) is 5.82 Å². The van der Waals surface area contributed by atoms with Crippen LogP contribution in [0.5, 0.6) is 0 Å². The first-order valence-corrected chi connectivity index (χ1v) is 6.55. The third-order valence-electron chi connectivity index (χ3n) is 3.10. The molecule has 0 atom stereocenters. The molecule has 3 aromatic carbocycles. The van der Waals surface area contributed by atoms with Crippen LogP contribution < -0.4 is 0 Å². The summed E-state index contributed by atoms with van der Waals surface area (Å²) < 4.78 is 13.8. The van der Waals surface area contributed by atoms with Gasteiger partial charge in [0.15, 0.2) is 0 Å². The second-order valence-electron chi connectivity index (χ2n) is 4.24. The summed E-state index contributed by atoms with van der Waals surface area (Å²) >= 11 is 12.5. The van der Waals surface area contributed by atoms with Crippen molar-refractivity contribution < 1.29 is 4.39 Å². The van der Waals surface area contributed by atoms with Gasteiger partial charge < -0.3 is 0 Å². The standard InChI is InChI=1S/C16H9Cl2F/c17-13-7-3-8-14(18)16(13)12-6-1-5-11-10(12)4-2-9-15(11)19/h1-9H. The van der Waals surface area contributed by atoms with Crippen molar-refractivity contribution in [3.63, 3.8) is 0 Å².